The number of nitrogens with zero attached hydrogens (tertiary/aromatic N) is 2. The quantitative estimate of drug-likeness (QED) is 0.134. The Labute approximate surface area is 354 Å². The minimum atomic E-state index is -4.07. The fourth-order valence-corrected chi connectivity index (χ4v) is 14.4. The average Bonchev–Trinajstić information content (AvgIpc) is 4.07. The van der Waals surface area contributed by atoms with E-state index in [0.29, 0.717) is 40.9 Å². The van der Waals surface area contributed by atoms with Crippen molar-refractivity contribution < 1.29 is 41.8 Å². The maximum absolute atomic E-state index is 14.8. The molecule has 2 saturated carbocycles. The fourth-order valence-electron chi connectivity index (χ4n) is 8.14. The Kier molecular flexibility index (Phi) is 11.8. The van der Waals surface area contributed by atoms with E-state index in [4.69, 9.17) is 19.2 Å². The number of pyridine rings is 1. The van der Waals surface area contributed by atoms with E-state index in [1.165, 1.54) is 11.0 Å². The van der Waals surface area contributed by atoms with Crippen LogP contribution in [0.2, 0.25) is 19.6 Å². The van der Waals surface area contributed by atoms with E-state index in [9.17, 15) is 27.6 Å². The molecular weight excluding hydrogens is 803 g/mol. The third-order valence-electron chi connectivity index (χ3n) is 11.8. The average molecular weight is 862 g/mol. The third kappa shape index (κ3) is 8.90. The van der Waals surface area contributed by atoms with Gasteiger partial charge in [-0.15, -0.1) is 6.58 Å². The lowest BCUT2D eigenvalue weighted by molar-refractivity contribution is -0.143. The molecule has 0 bridgehead atoms. The molecule has 324 valence electrons. The first kappa shape index (κ1) is 44.6. The van der Waals surface area contributed by atoms with Crippen molar-refractivity contribution in [3.8, 4) is 22.8 Å². The van der Waals surface area contributed by atoms with Gasteiger partial charge in [0, 0.05) is 35.4 Å². The summed E-state index contributed by atoms with van der Waals surface area (Å²) in [6.07, 6.45) is 1.06. The van der Waals surface area contributed by atoms with Crippen LogP contribution in [0.25, 0.3) is 22.2 Å². The van der Waals surface area contributed by atoms with Crippen LogP contribution in [0.15, 0.2) is 67.3 Å². The zero-order valence-corrected chi connectivity index (χ0v) is 38.1. The molecular formula is C44H59N5O9SSi. The smallest absolute Gasteiger partial charge is 0.408 e. The zero-order valence-electron chi connectivity index (χ0n) is 36.3. The summed E-state index contributed by atoms with van der Waals surface area (Å²) < 4.78 is 46.7. The Bertz CT molecular complexity index is 2300. The molecule has 3 aromatic rings. The highest BCUT2D eigenvalue weighted by molar-refractivity contribution is 7.93. The van der Waals surface area contributed by atoms with E-state index < -0.39 is 86.9 Å². The van der Waals surface area contributed by atoms with Crippen molar-refractivity contribution in [3.63, 3.8) is 0 Å². The molecule has 2 aromatic carbocycles. The van der Waals surface area contributed by atoms with Crippen LogP contribution in [0.1, 0.15) is 67.2 Å². The van der Waals surface area contributed by atoms with Gasteiger partial charge in [0.15, 0.2) is 0 Å². The molecule has 5 atom stereocenters. The van der Waals surface area contributed by atoms with Crippen molar-refractivity contribution in [1.82, 2.24) is 25.2 Å². The number of alkyl carbamates (subject to hydrolysis) is 1. The molecule has 16 heteroatoms. The lowest BCUT2D eigenvalue weighted by Crippen LogP contribution is -2.61. The number of aromatic nitrogens is 1. The van der Waals surface area contributed by atoms with Crippen molar-refractivity contribution in [2.45, 2.75) is 121 Å². The van der Waals surface area contributed by atoms with E-state index in [2.05, 4.69) is 21.9 Å². The summed E-state index contributed by atoms with van der Waals surface area (Å²) in [5, 5.41) is 6.29. The lowest BCUT2D eigenvalue weighted by Gasteiger charge is -2.36. The molecule has 1 saturated heterocycles. The van der Waals surface area contributed by atoms with Crippen LogP contribution in [-0.4, -0.2) is 97.5 Å². The maximum atomic E-state index is 14.8. The lowest BCUT2D eigenvalue weighted by atomic mass is 9.85. The SMILES string of the molecule is C=CC1CC1(NC(=O)C1CC(Oc2cc(-c3ccccc3)nc3cc(OC)ccc23)CN1C(=O)C(NC(=O)OC(C)(C)C)C(C)(C)C)C(=O)NS(=O)(=O)C1([Si](C)(C)C)CC1. The minimum absolute atomic E-state index is 0.00893. The Hall–Kier alpha value is -4.96. The number of hydrogen-bond donors (Lipinski definition) is 3. The highest BCUT2D eigenvalue weighted by Gasteiger charge is 2.66. The first-order valence-electron chi connectivity index (χ1n) is 20.4. The second-order valence-electron chi connectivity index (χ2n) is 19.4. The third-order valence-corrected chi connectivity index (χ3v) is 19.6. The molecule has 1 aliphatic heterocycles. The van der Waals surface area contributed by atoms with Crippen LogP contribution in [-0.2, 0) is 29.1 Å². The summed E-state index contributed by atoms with van der Waals surface area (Å²) >= 11 is 0. The normalized spacial score (nSPS) is 22.9. The Morgan fingerprint density at radius 2 is 1.67 bits per heavy atom. The molecule has 6 rings (SSSR count). The number of hydrogen-bond acceptors (Lipinski definition) is 10. The van der Waals surface area contributed by atoms with Crippen LogP contribution in [0.3, 0.4) is 0 Å². The summed E-state index contributed by atoms with van der Waals surface area (Å²) in [5.41, 5.74) is -1.20. The standard InChI is InChI=1S/C44H59N5O9SSi/c1-12-28-25-44(28,39(52)48-59(54,55)43(20-21-43)60(9,10)11)47-37(50)34-23-30(26-49(34)38(51)36(41(2,3)4)46-40(53)58-42(5,6)7)57-35-24-32(27-16-14-13-15-17-27)45-33-22-29(56-8)18-19-31(33)35/h12-19,22,24,28,30,34,36H,1,20-21,23,25-26H2,2-11H3,(H,46,53)(H,47,50)(H,48,52). The van der Waals surface area contributed by atoms with Gasteiger partial charge < -0.3 is 29.7 Å². The number of benzene rings is 2. The number of carbonyl (C=O) groups excluding carboxylic acids is 4. The van der Waals surface area contributed by atoms with Gasteiger partial charge in [0.1, 0.15) is 40.8 Å². The minimum Gasteiger partial charge on any atom is -0.497 e. The number of fused-ring (bicyclic) bond motifs is 1. The van der Waals surface area contributed by atoms with Gasteiger partial charge in [-0.25, -0.2) is 18.2 Å². The first-order chi connectivity index (χ1) is 27.8. The topological polar surface area (TPSA) is 182 Å². The van der Waals surface area contributed by atoms with Gasteiger partial charge >= 0.3 is 6.09 Å². The van der Waals surface area contributed by atoms with Crippen LogP contribution < -0.4 is 24.8 Å². The molecule has 0 radical (unpaired) electrons. The number of methoxy groups -OCH3 is 1. The highest BCUT2D eigenvalue weighted by atomic mass is 32.2. The summed E-state index contributed by atoms with van der Waals surface area (Å²) in [6, 6.07) is 14.5. The van der Waals surface area contributed by atoms with Crippen LogP contribution >= 0.6 is 0 Å². The van der Waals surface area contributed by atoms with Gasteiger partial charge in [-0.2, -0.15) is 0 Å². The summed E-state index contributed by atoms with van der Waals surface area (Å²) in [5.74, 6) is -1.55. The van der Waals surface area contributed by atoms with Crippen LogP contribution in [0.4, 0.5) is 4.79 Å². The maximum Gasteiger partial charge on any atom is 0.408 e. The van der Waals surface area contributed by atoms with Crippen molar-refractivity contribution in [2.75, 3.05) is 13.7 Å². The number of carbonyl (C=O) groups is 4. The van der Waals surface area contributed by atoms with Gasteiger partial charge in [0.05, 0.1) is 37.3 Å². The molecule has 2 aliphatic carbocycles. The molecule has 1 aromatic heterocycles. The predicted molar refractivity (Wildman–Crippen MR) is 232 cm³/mol. The first-order valence-corrected chi connectivity index (χ1v) is 25.4. The number of nitrogens with one attached hydrogen (secondary N) is 3. The molecule has 3 aliphatic rings. The van der Waals surface area contributed by atoms with Crippen LogP contribution in [0, 0.1) is 11.3 Å². The largest absolute Gasteiger partial charge is 0.497 e. The summed E-state index contributed by atoms with van der Waals surface area (Å²) in [7, 11) is -4.77. The molecule has 14 nitrogen and oxygen atoms in total. The number of amides is 4. The molecule has 5 unspecified atom stereocenters. The number of likely N-dealkylation sites (tertiary alicyclic amines) is 1. The van der Waals surface area contributed by atoms with Crippen molar-refractivity contribution in [2.24, 2.45) is 11.3 Å². The van der Waals surface area contributed by atoms with Crippen molar-refractivity contribution in [1.29, 1.82) is 0 Å². The Balaban J connectivity index is 1.35. The van der Waals surface area contributed by atoms with Gasteiger partial charge in [-0.05, 0) is 57.6 Å². The van der Waals surface area contributed by atoms with Gasteiger partial charge in [0.2, 0.25) is 21.8 Å². The molecule has 3 fully saturated rings. The van der Waals surface area contributed by atoms with Crippen molar-refractivity contribution >= 4 is 52.8 Å². The van der Waals surface area contributed by atoms with E-state index in [-0.39, 0.29) is 19.4 Å². The molecule has 3 N–H and O–H groups in total. The van der Waals surface area contributed by atoms with Gasteiger partial charge in [0.25, 0.3) is 5.91 Å². The number of ether oxygens (including phenoxy) is 3. The summed E-state index contributed by atoms with van der Waals surface area (Å²) in [4.78, 5) is 62.9. The van der Waals surface area contributed by atoms with Crippen molar-refractivity contribution in [3.05, 3.63) is 67.3 Å². The molecule has 2 heterocycles. The molecule has 0 spiro atoms. The highest BCUT2D eigenvalue weighted by Crippen LogP contribution is 2.51. The second kappa shape index (κ2) is 15.8. The Morgan fingerprint density at radius 3 is 2.22 bits per heavy atom. The van der Waals surface area contributed by atoms with Crippen LogP contribution in [0.5, 0.6) is 11.5 Å². The Morgan fingerprint density at radius 1 is 1.00 bits per heavy atom. The predicted octanol–water partition coefficient (Wildman–Crippen LogP) is 6.12. The monoisotopic (exact) mass is 861 g/mol. The number of rotatable bonds is 13. The van der Waals surface area contributed by atoms with Gasteiger partial charge in [-0.1, -0.05) is 76.8 Å². The fraction of sp³-hybridized carbons (Fsp3) is 0.523. The van der Waals surface area contributed by atoms with E-state index >= 15 is 0 Å². The van der Waals surface area contributed by atoms with E-state index in [1.807, 2.05) is 62.1 Å². The summed E-state index contributed by atoms with van der Waals surface area (Å²) in [6.45, 7) is 20.2. The molecule has 4 amide bonds. The second-order valence-corrected chi connectivity index (χ2v) is 27.2. The zero-order chi connectivity index (χ0) is 44.2. The van der Waals surface area contributed by atoms with E-state index in [0.717, 1.165) is 5.56 Å². The number of sulfonamides is 1. The van der Waals surface area contributed by atoms with Gasteiger partial charge in [-0.3, -0.25) is 19.1 Å². The molecule has 60 heavy (non-hydrogen) atoms. The van der Waals surface area contributed by atoms with E-state index in [1.54, 1.807) is 60.8 Å².